The van der Waals surface area contributed by atoms with E-state index in [1.807, 2.05) is 36.5 Å². The van der Waals surface area contributed by atoms with E-state index in [1.165, 1.54) is 4.90 Å². The summed E-state index contributed by atoms with van der Waals surface area (Å²) >= 11 is 0. The summed E-state index contributed by atoms with van der Waals surface area (Å²) in [5.41, 5.74) is 3.10. The quantitative estimate of drug-likeness (QED) is 0.869. The number of hydrogen-bond donors (Lipinski definition) is 2. The summed E-state index contributed by atoms with van der Waals surface area (Å²) in [7, 11) is 3.31. The molecule has 0 fully saturated rings. The van der Waals surface area contributed by atoms with Crippen molar-refractivity contribution >= 4 is 11.9 Å². The normalized spacial score (nSPS) is 15.7. The first kappa shape index (κ1) is 17.8. The number of aromatic nitrogens is 2. The lowest BCUT2D eigenvalue weighted by Gasteiger charge is -2.25. The Morgan fingerprint density at radius 3 is 2.73 bits per heavy atom. The lowest BCUT2D eigenvalue weighted by Crippen LogP contribution is -2.47. The van der Waals surface area contributed by atoms with Crippen LogP contribution in [0.3, 0.4) is 0 Å². The summed E-state index contributed by atoms with van der Waals surface area (Å²) < 4.78 is 0. The molecule has 7 nitrogen and oxygen atoms in total. The number of fused-ring (bicyclic) bond motifs is 1. The van der Waals surface area contributed by atoms with Crippen LogP contribution in [0.1, 0.15) is 17.7 Å². The van der Waals surface area contributed by atoms with E-state index in [1.54, 1.807) is 14.1 Å². The van der Waals surface area contributed by atoms with E-state index in [-0.39, 0.29) is 24.5 Å². The van der Waals surface area contributed by atoms with Gasteiger partial charge in [0.15, 0.2) is 5.82 Å². The summed E-state index contributed by atoms with van der Waals surface area (Å²) in [6.45, 7) is -0.00825. The average Bonchev–Trinajstić information content (AvgIpc) is 2.66. The van der Waals surface area contributed by atoms with Crippen molar-refractivity contribution in [2.75, 3.05) is 20.6 Å². The van der Waals surface area contributed by atoms with Crippen molar-refractivity contribution < 1.29 is 9.59 Å². The van der Waals surface area contributed by atoms with Crippen molar-refractivity contribution in [1.29, 1.82) is 0 Å². The maximum Gasteiger partial charge on any atom is 0.315 e. The highest BCUT2D eigenvalue weighted by Crippen LogP contribution is 2.22. The van der Waals surface area contributed by atoms with E-state index in [9.17, 15) is 9.59 Å². The fourth-order valence-corrected chi connectivity index (χ4v) is 2.91. The van der Waals surface area contributed by atoms with Crippen molar-refractivity contribution in [2.24, 2.45) is 0 Å². The first-order valence-corrected chi connectivity index (χ1v) is 8.67. The van der Waals surface area contributed by atoms with E-state index in [2.05, 4.69) is 20.6 Å². The summed E-state index contributed by atoms with van der Waals surface area (Å²) in [4.78, 5) is 34.1. The van der Waals surface area contributed by atoms with Crippen LogP contribution in [0.2, 0.25) is 0 Å². The third-order valence-electron chi connectivity index (χ3n) is 4.42. The van der Waals surface area contributed by atoms with E-state index >= 15 is 0 Å². The van der Waals surface area contributed by atoms with Crippen LogP contribution in [0.5, 0.6) is 0 Å². The zero-order chi connectivity index (χ0) is 18.5. The highest BCUT2D eigenvalue weighted by Gasteiger charge is 2.22. The van der Waals surface area contributed by atoms with Gasteiger partial charge in [-0.25, -0.2) is 14.8 Å². The molecule has 136 valence electrons. The SMILES string of the molecule is CN(C)C(=O)CNC(=O)NC1CCc2nc(-c3ccccc3)ncc2C1. The third kappa shape index (κ3) is 4.36. The minimum absolute atomic E-state index is 0.00825. The molecule has 0 bridgehead atoms. The summed E-state index contributed by atoms with van der Waals surface area (Å²) in [6.07, 6.45) is 4.15. The minimum atomic E-state index is -0.324. The molecule has 2 aromatic rings. The second-order valence-corrected chi connectivity index (χ2v) is 6.59. The van der Waals surface area contributed by atoms with Crippen LogP contribution < -0.4 is 10.6 Å². The first-order valence-electron chi connectivity index (χ1n) is 8.67. The van der Waals surface area contributed by atoms with Gasteiger partial charge < -0.3 is 15.5 Å². The molecule has 7 heteroatoms. The van der Waals surface area contributed by atoms with E-state index in [0.717, 1.165) is 35.5 Å². The van der Waals surface area contributed by atoms with Gasteiger partial charge in [-0.1, -0.05) is 30.3 Å². The van der Waals surface area contributed by atoms with Gasteiger partial charge in [0, 0.05) is 37.6 Å². The minimum Gasteiger partial charge on any atom is -0.347 e. The highest BCUT2D eigenvalue weighted by molar-refractivity contribution is 5.83. The van der Waals surface area contributed by atoms with Gasteiger partial charge in [0.2, 0.25) is 5.91 Å². The molecule has 3 rings (SSSR count). The predicted molar refractivity (Wildman–Crippen MR) is 98.5 cm³/mol. The molecule has 0 saturated heterocycles. The third-order valence-corrected chi connectivity index (χ3v) is 4.42. The molecule has 1 aliphatic rings. The van der Waals surface area contributed by atoms with Gasteiger partial charge in [-0.3, -0.25) is 4.79 Å². The molecule has 1 atom stereocenters. The van der Waals surface area contributed by atoms with Crippen LogP contribution in [0.4, 0.5) is 4.79 Å². The number of nitrogens with zero attached hydrogens (tertiary/aromatic N) is 3. The number of rotatable bonds is 4. The summed E-state index contributed by atoms with van der Waals surface area (Å²) in [5, 5.41) is 5.52. The van der Waals surface area contributed by atoms with Crippen molar-refractivity contribution in [3.63, 3.8) is 0 Å². The second kappa shape index (κ2) is 7.95. The molecular weight excluding hydrogens is 330 g/mol. The van der Waals surface area contributed by atoms with Crippen LogP contribution in [-0.4, -0.2) is 53.5 Å². The Balaban J connectivity index is 1.58. The number of nitrogens with one attached hydrogen (secondary N) is 2. The van der Waals surface area contributed by atoms with Gasteiger partial charge >= 0.3 is 6.03 Å². The van der Waals surface area contributed by atoms with Gasteiger partial charge in [-0.2, -0.15) is 0 Å². The van der Waals surface area contributed by atoms with E-state index in [0.29, 0.717) is 6.42 Å². The smallest absolute Gasteiger partial charge is 0.315 e. The van der Waals surface area contributed by atoms with Crippen LogP contribution in [0, 0.1) is 0 Å². The van der Waals surface area contributed by atoms with Gasteiger partial charge in [-0.05, 0) is 24.8 Å². The molecule has 1 aromatic carbocycles. The monoisotopic (exact) mass is 353 g/mol. The second-order valence-electron chi connectivity index (χ2n) is 6.59. The number of urea groups is 1. The molecule has 3 amide bonds. The standard InChI is InChI=1S/C19H23N5O2/c1-24(2)17(25)12-21-19(26)22-15-8-9-16-14(10-15)11-20-18(23-16)13-6-4-3-5-7-13/h3-7,11,15H,8-10,12H2,1-2H3,(H2,21,22,26). The summed E-state index contributed by atoms with van der Waals surface area (Å²) in [5.74, 6) is 0.590. The highest BCUT2D eigenvalue weighted by atomic mass is 16.2. The van der Waals surface area contributed by atoms with E-state index in [4.69, 9.17) is 0 Å². The van der Waals surface area contributed by atoms with Gasteiger partial charge in [-0.15, -0.1) is 0 Å². The molecule has 1 unspecified atom stereocenters. The molecule has 0 saturated carbocycles. The topological polar surface area (TPSA) is 87.2 Å². The van der Waals surface area contributed by atoms with Crippen molar-refractivity contribution in [3.8, 4) is 11.4 Å². The van der Waals surface area contributed by atoms with Crippen LogP contribution in [0.15, 0.2) is 36.5 Å². The Labute approximate surface area is 152 Å². The number of carbonyl (C=O) groups excluding carboxylic acids is 2. The van der Waals surface area contributed by atoms with Crippen LogP contribution in [-0.2, 0) is 17.6 Å². The Morgan fingerprint density at radius 2 is 2.00 bits per heavy atom. The van der Waals surface area contributed by atoms with Gasteiger partial charge in [0.25, 0.3) is 0 Å². The number of aryl methyl sites for hydroxylation is 1. The first-order chi connectivity index (χ1) is 12.5. The predicted octanol–water partition coefficient (Wildman–Crippen LogP) is 1.39. The lowest BCUT2D eigenvalue weighted by molar-refractivity contribution is -0.127. The van der Waals surface area contributed by atoms with Crippen LogP contribution in [0.25, 0.3) is 11.4 Å². The van der Waals surface area contributed by atoms with Gasteiger partial charge in [0.05, 0.1) is 6.54 Å². The number of benzene rings is 1. The molecule has 0 aliphatic heterocycles. The lowest BCUT2D eigenvalue weighted by atomic mass is 9.93. The maximum absolute atomic E-state index is 12.0. The molecular formula is C19H23N5O2. The zero-order valence-corrected chi connectivity index (χ0v) is 15.0. The van der Waals surface area contributed by atoms with Gasteiger partial charge in [0.1, 0.15) is 0 Å². The molecule has 1 heterocycles. The Morgan fingerprint density at radius 1 is 1.23 bits per heavy atom. The zero-order valence-electron chi connectivity index (χ0n) is 15.0. The number of likely N-dealkylation sites (N-methyl/N-ethyl adjacent to an activating group) is 1. The maximum atomic E-state index is 12.0. The van der Waals surface area contributed by atoms with Crippen molar-refractivity contribution in [1.82, 2.24) is 25.5 Å². The fourth-order valence-electron chi connectivity index (χ4n) is 2.91. The van der Waals surface area contributed by atoms with Crippen molar-refractivity contribution in [2.45, 2.75) is 25.3 Å². The average molecular weight is 353 g/mol. The number of carbonyl (C=O) groups is 2. The Hall–Kier alpha value is -2.96. The fraction of sp³-hybridized carbons (Fsp3) is 0.368. The molecule has 2 N–H and O–H groups in total. The molecule has 1 aromatic heterocycles. The largest absolute Gasteiger partial charge is 0.347 e. The van der Waals surface area contributed by atoms with E-state index < -0.39 is 0 Å². The molecule has 0 radical (unpaired) electrons. The number of amides is 3. The molecule has 0 spiro atoms. The van der Waals surface area contributed by atoms with Crippen LogP contribution >= 0.6 is 0 Å². The number of hydrogen-bond acceptors (Lipinski definition) is 4. The van der Waals surface area contributed by atoms with Crippen molar-refractivity contribution in [3.05, 3.63) is 47.8 Å². The molecule has 1 aliphatic carbocycles. The molecule has 26 heavy (non-hydrogen) atoms. The summed E-state index contributed by atoms with van der Waals surface area (Å²) in [6, 6.07) is 9.59. The Kier molecular flexibility index (Phi) is 5.46. The Bertz CT molecular complexity index is 792.